The van der Waals surface area contributed by atoms with Gasteiger partial charge in [0, 0.05) is 0 Å². The summed E-state index contributed by atoms with van der Waals surface area (Å²) in [4.78, 5) is 0. The predicted octanol–water partition coefficient (Wildman–Crippen LogP) is -0.842. The maximum Gasteiger partial charge on any atom is -0.00431 e. The molecule has 2 heteroatoms. The Hall–Kier alpha value is -0.530. The van der Waals surface area contributed by atoms with Gasteiger partial charge in [0.1, 0.15) is 0 Å². The van der Waals surface area contributed by atoms with Crippen molar-refractivity contribution in [2.45, 2.75) is 18.8 Å². The lowest BCUT2D eigenvalue weighted by Gasteiger charge is -2.22. The minimum absolute atomic E-state index is 0. The van der Waals surface area contributed by atoms with Gasteiger partial charge < -0.3 is 17.7 Å². The zero-order valence-corrected chi connectivity index (χ0v) is 8.43. The van der Waals surface area contributed by atoms with E-state index >= 15 is 0 Å². The van der Waals surface area contributed by atoms with Crippen LogP contribution in [0.5, 0.6) is 0 Å². The smallest absolute Gasteiger partial charge is 0.00431 e. The predicted molar refractivity (Wildman–Crippen MR) is 51.3 cm³/mol. The topological polar surface area (TPSA) is 12.0 Å². The highest BCUT2D eigenvalue weighted by Gasteiger charge is 2.13. The monoisotopic (exact) mass is 196 g/mol. The van der Waals surface area contributed by atoms with Gasteiger partial charge in [0.25, 0.3) is 0 Å². The molecule has 0 unspecified atom stereocenters. The van der Waals surface area contributed by atoms with Crippen LogP contribution in [-0.4, -0.2) is 13.1 Å². The molecule has 2 rings (SSSR count). The van der Waals surface area contributed by atoms with Gasteiger partial charge in [-0.1, -0.05) is 30.3 Å². The molecular formula is C11H15ClN-. The lowest BCUT2D eigenvalue weighted by molar-refractivity contribution is -0.00000249. The summed E-state index contributed by atoms with van der Waals surface area (Å²) in [5, 5.41) is 3.38. The fraction of sp³-hybridized carbons (Fsp3) is 0.455. The molecule has 1 heterocycles. The molecule has 0 amide bonds. The molecule has 13 heavy (non-hydrogen) atoms. The molecule has 1 fully saturated rings. The summed E-state index contributed by atoms with van der Waals surface area (Å²) in [6.45, 7) is 2.36. The molecule has 0 saturated carbocycles. The third-order valence-electron chi connectivity index (χ3n) is 2.61. The molecule has 1 nitrogen and oxygen atoms in total. The Morgan fingerprint density at radius 2 is 1.62 bits per heavy atom. The molecule has 1 aromatic carbocycles. The minimum atomic E-state index is 0. The third-order valence-corrected chi connectivity index (χ3v) is 2.61. The standard InChI is InChI=1S/C11H15N.ClH/c1-2-4-10(5-3-1)11-6-8-12-9-7-11;/h1-5,11-12H,6-9H2;1H/p-1. The van der Waals surface area contributed by atoms with Crippen LogP contribution in [0, 0.1) is 0 Å². The Kier molecular flexibility index (Phi) is 4.26. The lowest BCUT2D eigenvalue weighted by atomic mass is 9.90. The minimum Gasteiger partial charge on any atom is -1.00 e. The van der Waals surface area contributed by atoms with Crippen molar-refractivity contribution in [3.8, 4) is 0 Å². The molecule has 1 saturated heterocycles. The first-order chi connectivity index (χ1) is 5.97. The van der Waals surface area contributed by atoms with Crippen LogP contribution in [0.4, 0.5) is 0 Å². The summed E-state index contributed by atoms with van der Waals surface area (Å²) in [5.74, 6) is 0.799. The molecule has 1 aromatic rings. The van der Waals surface area contributed by atoms with Gasteiger partial charge in [-0.05, 0) is 37.4 Å². The molecule has 0 spiro atoms. The van der Waals surface area contributed by atoms with Crippen LogP contribution in [0.1, 0.15) is 24.3 Å². The summed E-state index contributed by atoms with van der Waals surface area (Å²) in [6.07, 6.45) is 2.59. The van der Waals surface area contributed by atoms with Crippen LogP contribution in [0.3, 0.4) is 0 Å². The quantitative estimate of drug-likeness (QED) is 0.618. The maximum atomic E-state index is 3.38. The van der Waals surface area contributed by atoms with E-state index in [1.807, 2.05) is 0 Å². The summed E-state index contributed by atoms with van der Waals surface area (Å²) in [6, 6.07) is 10.9. The van der Waals surface area contributed by atoms with E-state index in [1.165, 1.54) is 31.5 Å². The number of halogens is 1. The van der Waals surface area contributed by atoms with Gasteiger partial charge in [0.05, 0.1) is 0 Å². The molecule has 1 N–H and O–H groups in total. The highest BCUT2D eigenvalue weighted by molar-refractivity contribution is 5.19. The first-order valence-corrected chi connectivity index (χ1v) is 4.72. The lowest BCUT2D eigenvalue weighted by Crippen LogP contribution is -3.00. The zero-order chi connectivity index (χ0) is 8.23. The first-order valence-electron chi connectivity index (χ1n) is 4.72. The molecule has 1 aliphatic rings. The Balaban J connectivity index is 0.000000845. The SMILES string of the molecule is [Cl-].c1ccc(C2CCNCC2)cc1. The van der Waals surface area contributed by atoms with Crippen LogP contribution < -0.4 is 17.7 Å². The van der Waals surface area contributed by atoms with Gasteiger partial charge >= 0.3 is 0 Å². The summed E-state index contributed by atoms with van der Waals surface area (Å²) < 4.78 is 0. The van der Waals surface area contributed by atoms with Crippen LogP contribution in [0.15, 0.2) is 30.3 Å². The number of rotatable bonds is 1. The van der Waals surface area contributed by atoms with Crippen LogP contribution in [0.2, 0.25) is 0 Å². The molecule has 0 atom stereocenters. The Morgan fingerprint density at radius 1 is 1.00 bits per heavy atom. The summed E-state index contributed by atoms with van der Waals surface area (Å²) >= 11 is 0. The average Bonchev–Trinajstić information content (AvgIpc) is 2.21. The van der Waals surface area contributed by atoms with Crippen molar-refractivity contribution in [1.29, 1.82) is 0 Å². The van der Waals surface area contributed by atoms with Gasteiger partial charge in [0.15, 0.2) is 0 Å². The molecule has 0 aromatic heterocycles. The highest BCUT2D eigenvalue weighted by Crippen LogP contribution is 2.24. The van der Waals surface area contributed by atoms with E-state index in [4.69, 9.17) is 0 Å². The number of piperidine rings is 1. The largest absolute Gasteiger partial charge is 1.00 e. The highest BCUT2D eigenvalue weighted by atomic mass is 35.5. The molecule has 1 aliphatic heterocycles. The van der Waals surface area contributed by atoms with Crippen molar-refractivity contribution < 1.29 is 12.4 Å². The van der Waals surface area contributed by atoms with Crippen molar-refractivity contribution in [3.05, 3.63) is 35.9 Å². The van der Waals surface area contributed by atoms with Gasteiger partial charge in [-0.25, -0.2) is 0 Å². The third kappa shape index (κ3) is 2.71. The Morgan fingerprint density at radius 3 is 2.23 bits per heavy atom. The number of nitrogens with one attached hydrogen (secondary N) is 1. The second-order valence-electron chi connectivity index (χ2n) is 3.43. The Bertz CT molecular complexity index is 229. The molecule has 0 bridgehead atoms. The van der Waals surface area contributed by atoms with Gasteiger partial charge in [0.2, 0.25) is 0 Å². The van der Waals surface area contributed by atoms with E-state index in [9.17, 15) is 0 Å². The average molecular weight is 197 g/mol. The molecular weight excluding hydrogens is 182 g/mol. The number of hydrogen-bond acceptors (Lipinski definition) is 1. The van der Waals surface area contributed by atoms with Crippen LogP contribution in [0.25, 0.3) is 0 Å². The normalized spacial score (nSPS) is 17.8. The molecule has 0 radical (unpaired) electrons. The fourth-order valence-electron chi connectivity index (χ4n) is 1.88. The Labute approximate surface area is 86.0 Å². The van der Waals surface area contributed by atoms with Crippen molar-refractivity contribution in [3.63, 3.8) is 0 Å². The van der Waals surface area contributed by atoms with Crippen molar-refractivity contribution in [2.75, 3.05) is 13.1 Å². The van der Waals surface area contributed by atoms with Crippen molar-refractivity contribution in [2.24, 2.45) is 0 Å². The van der Waals surface area contributed by atoms with Crippen molar-refractivity contribution in [1.82, 2.24) is 5.32 Å². The van der Waals surface area contributed by atoms with E-state index in [-0.39, 0.29) is 12.4 Å². The molecule has 0 aliphatic carbocycles. The van der Waals surface area contributed by atoms with Crippen LogP contribution in [-0.2, 0) is 0 Å². The first kappa shape index (κ1) is 10.6. The number of hydrogen-bond donors (Lipinski definition) is 1. The number of benzene rings is 1. The van der Waals surface area contributed by atoms with Crippen molar-refractivity contribution >= 4 is 0 Å². The van der Waals surface area contributed by atoms with Gasteiger partial charge in [-0.2, -0.15) is 0 Å². The van der Waals surface area contributed by atoms with E-state index in [2.05, 4.69) is 35.6 Å². The van der Waals surface area contributed by atoms with E-state index < -0.39 is 0 Å². The van der Waals surface area contributed by atoms with Crippen LogP contribution >= 0.6 is 0 Å². The van der Waals surface area contributed by atoms with E-state index in [1.54, 1.807) is 0 Å². The summed E-state index contributed by atoms with van der Waals surface area (Å²) in [5.41, 5.74) is 1.51. The second kappa shape index (κ2) is 5.25. The maximum absolute atomic E-state index is 3.38. The summed E-state index contributed by atoms with van der Waals surface area (Å²) in [7, 11) is 0. The van der Waals surface area contributed by atoms with Gasteiger partial charge in [-0.3, -0.25) is 0 Å². The van der Waals surface area contributed by atoms with E-state index in [0.717, 1.165) is 5.92 Å². The second-order valence-corrected chi connectivity index (χ2v) is 3.43. The fourth-order valence-corrected chi connectivity index (χ4v) is 1.88. The molecule has 72 valence electrons. The van der Waals surface area contributed by atoms with E-state index in [0.29, 0.717) is 0 Å². The zero-order valence-electron chi connectivity index (χ0n) is 7.67. The van der Waals surface area contributed by atoms with Gasteiger partial charge in [-0.15, -0.1) is 0 Å².